The summed E-state index contributed by atoms with van der Waals surface area (Å²) in [5.41, 5.74) is -1.43. The van der Waals surface area contributed by atoms with Crippen LogP contribution >= 0.6 is 0 Å². The van der Waals surface area contributed by atoms with Gasteiger partial charge in [0.25, 0.3) is 5.91 Å². The second kappa shape index (κ2) is 6.85. The lowest BCUT2D eigenvalue weighted by Crippen LogP contribution is -2.39. The molecule has 0 saturated carbocycles. The van der Waals surface area contributed by atoms with Crippen LogP contribution in [0.3, 0.4) is 0 Å². The van der Waals surface area contributed by atoms with E-state index in [0.717, 1.165) is 12.1 Å². The Hall–Kier alpha value is -3.03. The van der Waals surface area contributed by atoms with Gasteiger partial charge >= 0.3 is 6.18 Å². The number of amides is 2. The maximum Gasteiger partial charge on any atom is 0.417 e. The number of hydrogen-bond donors (Lipinski definition) is 1. The minimum atomic E-state index is -4.64. The van der Waals surface area contributed by atoms with Crippen LogP contribution in [0.15, 0.2) is 42.5 Å². The van der Waals surface area contributed by atoms with Crippen LogP contribution in [0, 0.1) is 5.41 Å². The molecule has 0 spiro atoms. The zero-order chi connectivity index (χ0) is 20.7. The van der Waals surface area contributed by atoms with Crippen molar-refractivity contribution in [1.82, 2.24) is 0 Å². The van der Waals surface area contributed by atoms with Gasteiger partial charge in [0.15, 0.2) is 0 Å². The van der Waals surface area contributed by atoms with Gasteiger partial charge in [-0.25, -0.2) is 0 Å². The van der Waals surface area contributed by atoms with Crippen LogP contribution < -0.4 is 15.0 Å². The molecular weight excluding hydrogens is 373 g/mol. The highest BCUT2D eigenvalue weighted by Crippen LogP contribution is 2.38. The summed E-state index contributed by atoms with van der Waals surface area (Å²) in [7, 11) is 1.62. The number of hydrogen-bond acceptors (Lipinski definition) is 3. The van der Waals surface area contributed by atoms with E-state index in [1.165, 1.54) is 29.2 Å². The van der Waals surface area contributed by atoms with Crippen molar-refractivity contribution in [2.24, 2.45) is 5.41 Å². The number of rotatable bonds is 2. The number of anilines is 2. The third kappa shape index (κ3) is 3.67. The number of carbonyl (C=O) groups is 2. The van der Waals surface area contributed by atoms with Crippen molar-refractivity contribution in [1.29, 1.82) is 0 Å². The minimum Gasteiger partial charge on any atom is -0.490 e. The fourth-order valence-corrected chi connectivity index (χ4v) is 2.99. The molecule has 2 aromatic rings. The van der Waals surface area contributed by atoms with Gasteiger partial charge in [-0.15, -0.1) is 0 Å². The zero-order valence-electron chi connectivity index (χ0n) is 15.6. The van der Waals surface area contributed by atoms with Crippen LogP contribution in [0.1, 0.15) is 29.8 Å². The van der Waals surface area contributed by atoms with Gasteiger partial charge in [0.1, 0.15) is 12.4 Å². The number of carbonyl (C=O) groups excluding carboxylic acids is 2. The average Bonchev–Trinajstić information content (AvgIpc) is 2.72. The van der Waals surface area contributed by atoms with Gasteiger partial charge < -0.3 is 15.0 Å². The van der Waals surface area contributed by atoms with E-state index in [1.54, 1.807) is 27.0 Å². The molecule has 2 aromatic carbocycles. The molecule has 0 bridgehead atoms. The Kier molecular flexibility index (Phi) is 4.82. The predicted molar refractivity (Wildman–Crippen MR) is 98.5 cm³/mol. The normalized spacial score (nSPS) is 16.1. The van der Waals surface area contributed by atoms with E-state index in [4.69, 9.17) is 4.74 Å². The summed E-state index contributed by atoms with van der Waals surface area (Å²) in [6.45, 7) is 3.65. The molecule has 1 aliphatic heterocycles. The van der Waals surface area contributed by atoms with Gasteiger partial charge in [0, 0.05) is 18.8 Å². The van der Waals surface area contributed by atoms with Gasteiger partial charge in [0.2, 0.25) is 5.91 Å². The fraction of sp³-hybridized carbons (Fsp3) is 0.300. The van der Waals surface area contributed by atoms with Crippen molar-refractivity contribution < 1.29 is 27.5 Å². The van der Waals surface area contributed by atoms with Crippen LogP contribution in [0.4, 0.5) is 24.5 Å². The van der Waals surface area contributed by atoms with Gasteiger partial charge in [-0.05, 0) is 38.1 Å². The van der Waals surface area contributed by atoms with Crippen LogP contribution in [-0.2, 0) is 11.0 Å². The summed E-state index contributed by atoms with van der Waals surface area (Å²) in [5, 5.41) is 2.47. The fourth-order valence-electron chi connectivity index (χ4n) is 2.99. The molecule has 0 fully saturated rings. The SMILES string of the molecule is CN1C(=O)C(C)(C)COc2cc(NC(=O)c3ccccc3C(F)(F)F)ccc21. The van der Waals surface area contributed by atoms with Crippen molar-refractivity contribution >= 4 is 23.2 Å². The number of halogens is 3. The molecule has 1 heterocycles. The van der Waals surface area contributed by atoms with E-state index in [9.17, 15) is 22.8 Å². The van der Waals surface area contributed by atoms with E-state index in [0.29, 0.717) is 11.4 Å². The highest BCUT2D eigenvalue weighted by atomic mass is 19.4. The first kappa shape index (κ1) is 19.7. The maximum atomic E-state index is 13.1. The summed E-state index contributed by atoms with van der Waals surface area (Å²) in [6, 6.07) is 9.16. The number of benzene rings is 2. The monoisotopic (exact) mass is 392 g/mol. The Morgan fingerprint density at radius 1 is 1.18 bits per heavy atom. The maximum absolute atomic E-state index is 13.1. The molecule has 8 heteroatoms. The molecule has 1 N–H and O–H groups in total. The van der Waals surface area contributed by atoms with Crippen LogP contribution in [-0.4, -0.2) is 25.5 Å². The van der Waals surface area contributed by atoms with E-state index in [-0.39, 0.29) is 18.2 Å². The smallest absolute Gasteiger partial charge is 0.417 e. The van der Waals surface area contributed by atoms with Crippen molar-refractivity contribution in [3.05, 3.63) is 53.6 Å². The van der Waals surface area contributed by atoms with E-state index in [2.05, 4.69) is 5.32 Å². The van der Waals surface area contributed by atoms with Gasteiger partial charge in [-0.1, -0.05) is 12.1 Å². The topological polar surface area (TPSA) is 58.6 Å². The first-order valence-electron chi connectivity index (χ1n) is 8.53. The van der Waals surface area contributed by atoms with Crippen molar-refractivity contribution in [3.63, 3.8) is 0 Å². The Labute approximate surface area is 160 Å². The first-order valence-corrected chi connectivity index (χ1v) is 8.53. The Balaban J connectivity index is 1.90. The van der Waals surface area contributed by atoms with Crippen molar-refractivity contribution in [2.75, 3.05) is 23.9 Å². The van der Waals surface area contributed by atoms with Crippen molar-refractivity contribution in [3.8, 4) is 5.75 Å². The molecule has 28 heavy (non-hydrogen) atoms. The zero-order valence-corrected chi connectivity index (χ0v) is 15.6. The molecule has 0 atom stereocenters. The second-order valence-electron chi connectivity index (χ2n) is 7.22. The highest BCUT2D eigenvalue weighted by molar-refractivity contribution is 6.06. The highest BCUT2D eigenvalue weighted by Gasteiger charge is 2.37. The van der Waals surface area contributed by atoms with Crippen LogP contribution in [0.25, 0.3) is 0 Å². The number of nitrogens with one attached hydrogen (secondary N) is 1. The summed E-state index contributed by atoms with van der Waals surface area (Å²) in [5.74, 6) is -0.642. The molecule has 2 amide bonds. The average molecular weight is 392 g/mol. The molecule has 0 saturated heterocycles. The molecular formula is C20H19F3N2O3. The number of fused-ring (bicyclic) bond motifs is 1. The Morgan fingerprint density at radius 2 is 1.86 bits per heavy atom. The largest absolute Gasteiger partial charge is 0.490 e. The molecule has 5 nitrogen and oxygen atoms in total. The molecule has 3 rings (SSSR count). The number of ether oxygens (including phenoxy) is 1. The standard InChI is InChI=1S/C20H19F3N2O3/c1-19(2)11-28-16-10-12(8-9-15(16)25(3)18(19)27)24-17(26)13-6-4-5-7-14(13)20(21,22)23/h4-10H,11H2,1-3H3,(H,24,26). The lowest BCUT2D eigenvalue weighted by atomic mass is 9.93. The predicted octanol–water partition coefficient (Wildman–Crippen LogP) is 4.34. The molecule has 0 unspecified atom stereocenters. The second-order valence-corrected chi connectivity index (χ2v) is 7.22. The molecule has 0 aliphatic carbocycles. The third-order valence-corrected chi connectivity index (χ3v) is 4.53. The van der Waals surface area contributed by atoms with Crippen LogP contribution in [0.2, 0.25) is 0 Å². The molecule has 1 aliphatic rings. The summed E-state index contributed by atoms with van der Waals surface area (Å²) in [4.78, 5) is 26.4. The summed E-state index contributed by atoms with van der Waals surface area (Å²) < 4.78 is 45.1. The van der Waals surface area contributed by atoms with Gasteiger partial charge in [0.05, 0.1) is 22.2 Å². The molecule has 148 valence electrons. The molecule has 0 aromatic heterocycles. The Morgan fingerprint density at radius 3 is 2.54 bits per heavy atom. The quantitative estimate of drug-likeness (QED) is 0.827. The first-order chi connectivity index (χ1) is 13.0. The van der Waals surface area contributed by atoms with Gasteiger partial charge in [-0.2, -0.15) is 13.2 Å². The lowest BCUT2D eigenvalue weighted by molar-refractivity contribution is -0.137. The Bertz CT molecular complexity index is 939. The minimum absolute atomic E-state index is 0.123. The summed E-state index contributed by atoms with van der Waals surface area (Å²) >= 11 is 0. The van der Waals surface area contributed by atoms with E-state index >= 15 is 0 Å². The molecule has 0 radical (unpaired) electrons. The van der Waals surface area contributed by atoms with Gasteiger partial charge in [-0.3, -0.25) is 9.59 Å². The third-order valence-electron chi connectivity index (χ3n) is 4.53. The van der Waals surface area contributed by atoms with Crippen LogP contribution in [0.5, 0.6) is 5.75 Å². The number of alkyl halides is 3. The lowest BCUT2D eigenvalue weighted by Gasteiger charge is -2.24. The summed E-state index contributed by atoms with van der Waals surface area (Å²) in [6.07, 6.45) is -4.64. The van der Waals surface area contributed by atoms with E-state index in [1.807, 2.05) is 0 Å². The van der Waals surface area contributed by atoms with E-state index < -0.39 is 28.6 Å². The van der Waals surface area contributed by atoms with Crippen molar-refractivity contribution in [2.45, 2.75) is 20.0 Å². The number of nitrogens with zero attached hydrogens (tertiary/aromatic N) is 1.